The fraction of sp³-hybridized carbons (Fsp3) is 0.400. The molecule has 2 heterocycles. The molecule has 1 aliphatic carbocycles. The van der Waals surface area contributed by atoms with Crippen LogP contribution in [-0.2, 0) is 16.9 Å². The number of aromatic hydroxyl groups is 1. The Morgan fingerprint density at radius 2 is 1.96 bits per heavy atom. The number of hydrogen-bond acceptors (Lipinski definition) is 4. The minimum atomic E-state index is -0.802. The number of aldehydes is 1. The average molecular weight is 392 g/mol. The second kappa shape index (κ2) is 6.84. The van der Waals surface area contributed by atoms with Crippen LogP contribution in [0.2, 0.25) is 10.0 Å². The molecule has 1 saturated carbocycles. The molecule has 1 aromatic carbocycles. The molecule has 0 amide bonds. The number of halogens is 2. The third-order valence-electron chi connectivity index (χ3n) is 5.67. The summed E-state index contributed by atoms with van der Waals surface area (Å²) in [7, 11) is 0. The molecule has 2 aliphatic rings. The summed E-state index contributed by atoms with van der Waals surface area (Å²) in [5.74, 6) is 0.102. The van der Waals surface area contributed by atoms with Crippen molar-refractivity contribution >= 4 is 29.5 Å². The van der Waals surface area contributed by atoms with Crippen molar-refractivity contribution in [2.75, 3.05) is 0 Å². The SMILES string of the molecule is O=Cc1ncc2c(c1O)COC2(c1cccc(Cl)c1Cl)C1CCCCC1. The number of pyridine rings is 1. The number of ether oxygens (including phenoxy) is 1. The van der Waals surface area contributed by atoms with Crippen LogP contribution in [0.15, 0.2) is 24.4 Å². The van der Waals surface area contributed by atoms with E-state index in [-0.39, 0.29) is 24.0 Å². The van der Waals surface area contributed by atoms with Gasteiger partial charge in [0, 0.05) is 22.9 Å². The van der Waals surface area contributed by atoms with Gasteiger partial charge in [-0.15, -0.1) is 0 Å². The van der Waals surface area contributed by atoms with E-state index in [0.717, 1.165) is 36.8 Å². The van der Waals surface area contributed by atoms with E-state index in [9.17, 15) is 9.90 Å². The van der Waals surface area contributed by atoms with E-state index < -0.39 is 5.60 Å². The van der Waals surface area contributed by atoms with Gasteiger partial charge in [0.05, 0.1) is 16.7 Å². The van der Waals surface area contributed by atoms with Gasteiger partial charge in [-0.05, 0) is 24.8 Å². The molecule has 1 unspecified atom stereocenters. The topological polar surface area (TPSA) is 59.4 Å². The first kappa shape index (κ1) is 17.8. The van der Waals surface area contributed by atoms with E-state index in [1.54, 1.807) is 12.3 Å². The third kappa shape index (κ3) is 2.55. The second-order valence-corrected chi connectivity index (χ2v) is 7.75. The van der Waals surface area contributed by atoms with E-state index in [1.807, 2.05) is 12.1 Å². The second-order valence-electron chi connectivity index (χ2n) is 6.96. The molecule has 0 saturated heterocycles. The maximum absolute atomic E-state index is 11.2. The Morgan fingerprint density at radius 1 is 1.19 bits per heavy atom. The predicted molar refractivity (Wildman–Crippen MR) is 99.9 cm³/mol. The van der Waals surface area contributed by atoms with Crippen LogP contribution in [0.25, 0.3) is 0 Å². The monoisotopic (exact) mass is 391 g/mol. The number of carbonyl (C=O) groups is 1. The van der Waals surface area contributed by atoms with Crippen LogP contribution in [0, 0.1) is 5.92 Å². The van der Waals surface area contributed by atoms with Crippen LogP contribution >= 0.6 is 23.2 Å². The van der Waals surface area contributed by atoms with Crippen molar-refractivity contribution < 1.29 is 14.6 Å². The highest BCUT2D eigenvalue weighted by atomic mass is 35.5. The Labute approximate surface area is 162 Å². The van der Waals surface area contributed by atoms with Crippen molar-refractivity contribution in [2.45, 2.75) is 44.3 Å². The summed E-state index contributed by atoms with van der Waals surface area (Å²) < 4.78 is 6.39. The van der Waals surface area contributed by atoms with Crippen molar-refractivity contribution in [1.82, 2.24) is 4.98 Å². The average Bonchev–Trinajstić information content (AvgIpc) is 3.06. The van der Waals surface area contributed by atoms with Crippen LogP contribution < -0.4 is 0 Å². The molecule has 6 heteroatoms. The highest BCUT2D eigenvalue weighted by Crippen LogP contribution is 2.55. The summed E-state index contributed by atoms with van der Waals surface area (Å²) >= 11 is 12.9. The quantitative estimate of drug-likeness (QED) is 0.724. The van der Waals surface area contributed by atoms with Crippen molar-refractivity contribution in [3.63, 3.8) is 0 Å². The Morgan fingerprint density at radius 3 is 2.69 bits per heavy atom. The summed E-state index contributed by atoms with van der Waals surface area (Å²) in [4.78, 5) is 15.3. The van der Waals surface area contributed by atoms with Gasteiger partial charge in [0.15, 0.2) is 12.0 Å². The zero-order chi connectivity index (χ0) is 18.3. The molecule has 0 spiro atoms. The minimum Gasteiger partial charge on any atom is -0.505 e. The van der Waals surface area contributed by atoms with Gasteiger partial charge in [0.1, 0.15) is 11.3 Å². The van der Waals surface area contributed by atoms with E-state index in [4.69, 9.17) is 27.9 Å². The molecule has 136 valence electrons. The first-order chi connectivity index (χ1) is 12.6. The van der Waals surface area contributed by atoms with Crippen LogP contribution in [0.5, 0.6) is 5.75 Å². The number of hydrogen-bond donors (Lipinski definition) is 1. The first-order valence-electron chi connectivity index (χ1n) is 8.84. The van der Waals surface area contributed by atoms with Crippen LogP contribution in [-0.4, -0.2) is 16.4 Å². The largest absolute Gasteiger partial charge is 0.505 e. The molecule has 2 aromatic rings. The van der Waals surface area contributed by atoms with E-state index in [1.165, 1.54) is 6.42 Å². The number of benzene rings is 1. The number of aromatic nitrogens is 1. The number of fused-ring (bicyclic) bond motifs is 1. The number of nitrogens with zero attached hydrogens (tertiary/aromatic N) is 1. The zero-order valence-corrected chi connectivity index (χ0v) is 15.7. The van der Waals surface area contributed by atoms with Gasteiger partial charge in [-0.25, -0.2) is 4.98 Å². The molecule has 0 bridgehead atoms. The summed E-state index contributed by atoms with van der Waals surface area (Å²) in [6.45, 7) is 0.212. The van der Waals surface area contributed by atoms with Gasteiger partial charge in [-0.1, -0.05) is 54.6 Å². The van der Waals surface area contributed by atoms with Gasteiger partial charge >= 0.3 is 0 Å². The molecule has 1 aromatic heterocycles. The summed E-state index contributed by atoms with van der Waals surface area (Å²) in [6, 6.07) is 5.55. The Balaban J connectivity index is 1.97. The van der Waals surface area contributed by atoms with E-state index in [2.05, 4.69) is 4.98 Å². The lowest BCUT2D eigenvalue weighted by Crippen LogP contribution is -2.38. The third-order valence-corrected chi connectivity index (χ3v) is 6.49. The van der Waals surface area contributed by atoms with Crippen LogP contribution in [0.3, 0.4) is 0 Å². The van der Waals surface area contributed by atoms with Crippen molar-refractivity contribution in [3.05, 3.63) is 56.8 Å². The fourth-order valence-electron chi connectivity index (χ4n) is 4.45. The van der Waals surface area contributed by atoms with Gasteiger partial charge in [0.2, 0.25) is 0 Å². The molecule has 1 aliphatic heterocycles. The number of carbonyl (C=O) groups excluding carboxylic acids is 1. The molecule has 4 nitrogen and oxygen atoms in total. The van der Waals surface area contributed by atoms with Crippen molar-refractivity contribution in [3.8, 4) is 5.75 Å². The van der Waals surface area contributed by atoms with Crippen molar-refractivity contribution in [2.24, 2.45) is 5.92 Å². The first-order valence-corrected chi connectivity index (χ1v) is 9.60. The van der Waals surface area contributed by atoms with Gasteiger partial charge in [-0.2, -0.15) is 0 Å². The van der Waals surface area contributed by atoms with Gasteiger partial charge in [0.25, 0.3) is 0 Å². The smallest absolute Gasteiger partial charge is 0.172 e. The molecular weight excluding hydrogens is 373 g/mol. The molecule has 0 radical (unpaired) electrons. The van der Waals surface area contributed by atoms with Crippen LogP contribution in [0.1, 0.15) is 59.3 Å². The van der Waals surface area contributed by atoms with Crippen LogP contribution in [0.4, 0.5) is 0 Å². The lowest BCUT2D eigenvalue weighted by Gasteiger charge is -2.40. The maximum Gasteiger partial charge on any atom is 0.172 e. The molecule has 4 rings (SSSR count). The molecule has 1 atom stereocenters. The zero-order valence-electron chi connectivity index (χ0n) is 14.2. The summed E-state index contributed by atoms with van der Waals surface area (Å²) in [6.07, 6.45) is 7.65. The van der Waals surface area contributed by atoms with Gasteiger partial charge < -0.3 is 9.84 Å². The molecule has 26 heavy (non-hydrogen) atoms. The molecule has 1 N–H and O–H groups in total. The van der Waals surface area contributed by atoms with E-state index in [0.29, 0.717) is 21.9 Å². The van der Waals surface area contributed by atoms with Crippen molar-refractivity contribution in [1.29, 1.82) is 0 Å². The van der Waals surface area contributed by atoms with Gasteiger partial charge in [-0.3, -0.25) is 4.79 Å². The lowest BCUT2D eigenvalue weighted by molar-refractivity contribution is -0.0608. The Hall–Kier alpha value is -1.62. The normalized spacial score (nSPS) is 23.0. The fourth-order valence-corrected chi connectivity index (χ4v) is 4.89. The lowest BCUT2D eigenvalue weighted by atomic mass is 9.70. The molecular formula is C20H19Cl2NO3. The highest BCUT2D eigenvalue weighted by Gasteiger charge is 2.50. The highest BCUT2D eigenvalue weighted by molar-refractivity contribution is 6.42. The summed E-state index contributed by atoms with van der Waals surface area (Å²) in [5.41, 5.74) is 1.44. The molecule has 1 fully saturated rings. The Kier molecular flexibility index (Phi) is 4.68. The Bertz CT molecular complexity index is 864. The maximum atomic E-state index is 11.2. The predicted octanol–water partition coefficient (Wildman–Crippen LogP) is 5.26. The number of rotatable bonds is 3. The minimum absolute atomic E-state index is 0.0315. The standard InChI is InChI=1S/C20H19Cl2NO3/c21-16-8-4-7-14(18(16)22)20(12-5-2-1-3-6-12)15-9-23-17(10-24)19(25)13(15)11-26-20/h4,7-10,12,25H,1-3,5-6,11H2. The van der Waals surface area contributed by atoms with E-state index >= 15 is 0 Å². The summed E-state index contributed by atoms with van der Waals surface area (Å²) in [5, 5.41) is 11.4.